The third-order valence-corrected chi connectivity index (χ3v) is 5.82. The molecule has 282 valence electrons. The van der Waals surface area contributed by atoms with E-state index in [1.54, 1.807) is 0 Å². The maximum atomic E-state index is 10.3. The van der Waals surface area contributed by atoms with E-state index >= 15 is 0 Å². The van der Waals surface area contributed by atoms with Gasteiger partial charge in [0.25, 0.3) is 0 Å². The Morgan fingerprint density at radius 1 is 0.319 bits per heavy atom. The SMILES string of the molecule is CCCCCOCCOCCOCCOCCOCCOCCOCCOCCOCCOCCOCCOCCOCCC(=O)O. The fourth-order valence-electron chi connectivity index (χ4n) is 3.35. The van der Waals surface area contributed by atoms with Crippen molar-refractivity contribution in [2.24, 2.45) is 0 Å². The molecule has 0 unspecified atom stereocenters. The van der Waals surface area contributed by atoms with E-state index < -0.39 is 5.97 Å². The molecule has 15 nitrogen and oxygen atoms in total. The third-order valence-electron chi connectivity index (χ3n) is 5.82. The predicted molar refractivity (Wildman–Crippen MR) is 172 cm³/mol. The Bertz CT molecular complexity index is 589. The van der Waals surface area contributed by atoms with Crippen LogP contribution in [0.5, 0.6) is 0 Å². The summed E-state index contributed by atoms with van der Waals surface area (Å²) in [7, 11) is 0. The van der Waals surface area contributed by atoms with Gasteiger partial charge in [-0.25, -0.2) is 0 Å². The summed E-state index contributed by atoms with van der Waals surface area (Å²) in [6, 6.07) is 0. The predicted octanol–water partition coefficient (Wildman–Crippen LogP) is 1.87. The fraction of sp³-hybridized carbons (Fsp3) is 0.969. The molecule has 0 rings (SSSR count). The van der Waals surface area contributed by atoms with Gasteiger partial charge in [-0.15, -0.1) is 0 Å². The summed E-state index contributed by atoms with van der Waals surface area (Å²) < 4.78 is 70.5. The van der Waals surface area contributed by atoms with Crippen LogP contribution in [0.3, 0.4) is 0 Å². The lowest BCUT2D eigenvalue weighted by atomic mass is 10.3. The molecule has 0 aliphatic rings. The zero-order chi connectivity index (χ0) is 34.0. The van der Waals surface area contributed by atoms with Crippen LogP contribution >= 0.6 is 0 Å². The first-order valence-corrected chi connectivity index (χ1v) is 17.0. The van der Waals surface area contributed by atoms with Crippen molar-refractivity contribution in [3.63, 3.8) is 0 Å². The highest BCUT2D eigenvalue weighted by Gasteiger charge is 1.98. The molecule has 0 aliphatic heterocycles. The Hall–Kier alpha value is -1.05. The van der Waals surface area contributed by atoms with Crippen molar-refractivity contribution in [1.29, 1.82) is 0 Å². The Morgan fingerprint density at radius 2 is 0.511 bits per heavy atom. The summed E-state index contributed by atoms with van der Waals surface area (Å²) in [6.07, 6.45) is 3.53. The van der Waals surface area contributed by atoms with Crippen LogP contribution in [0, 0.1) is 0 Å². The maximum absolute atomic E-state index is 10.3. The minimum Gasteiger partial charge on any atom is -0.481 e. The molecule has 15 heteroatoms. The molecule has 0 atom stereocenters. The zero-order valence-corrected chi connectivity index (χ0v) is 28.9. The molecular formula is C32H64O15. The van der Waals surface area contributed by atoms with E-state index in [4.69, 9.17) is 66.7 Å². The van der Waals surface area contributed by atoms with E-state index in [-0.39, 0.29) is 13.0 Å². The zero-order valence-electron chi connectivity index (χ0n) is 28.9. The third kappa shape index (κ3) is 44.9. The minimum absolute atomic E-state index is 0.00212. The molecule has 0 aromatic rings. The molecule has 0 aromatic heterocycles. The van der Waals surface area contributed by atoms with Gasteiger partial charge in [-0.2, -0.15) is 0 Å². The van der Waals surface area contributed by atoms with Crippen LogP contribution in [0.1, 0.15) is 32.6 Å². The Kier molecular flexibility index (Phi) is 42.0. The molecule has 0 saturated heterocycles. The number of hydrogen-bond donors (Lipinski definition) is 1. The van der Waals surface area contributed by atoms with Gasteiger partial charge in [0.2, 0.25) is 0 Å². The summed E-state index contributed by atoms with van der Waals surface area (Å²) in [4.78, 5) is 10.3. The number of unbranched alkanes of at least 4 members (excludes halogenated alkanes) is 2. The van der Waals surface area contributed by atoms with Gasteiger partial charge in [0.05, 0.1) is 172 Å². The molecule has 0 radical (unpaired) electrons. The second kappa shape index (κ2) is 43.0. The number of carboxylic acid groups (broad SMARTS) is 1. The van der Waals surface area contributed by atoms with E-state index in [1.807, 2.05) is 0 Å². The smallest absolute Gasteiger partial charge is 0.305 e. The standard InChI is InChI=1S/C32H64O15/c1-2-3-4-6-35-8-10-37-12-14-39-16-18-41-20-22-43-24-26-45-28-30-47-31-29-46-27-25-44-23-21-42-19-17-40-15-13-38-11-9-36-7-5-32(33)34/h2-31H2,1H3,(H,33,34). The van der Waals surface area contributed by atoms with Crippen LogP contribution in [-0.2, 0) is 66.4 Å². The van der Waals surface area contributed by atoms with Crippen LogP contribution in [0.4, 0.5) is 0 Å². The van der Waals surface area contributed by atoms with Crippen molar-refractivity contribution in [1.82, 2.24) is 0 Å². The van der Waals surface area contributed by atoms with E-state index in [2.05, 4.69) is 6.92 Å². The van der Waals surface area contributed by atoms with E-state index in [0.29, 0.717) is 159 Å². The molecule has 0 amide bonds. The molecule has 0 saturated carbocycles. The normalized spacial score (nSPS) is 11.5. The van der Waals surface area contributed by atoms with Crippen molar-refractivity contribution in [2.45, 2.75) is 32.6 Å². The van der Waals surface area contributed by atoms with E-state index in [1.165, 1.54) is 12.8 Å². The topological polar surface area (TPSA) is 157 Å². The van der Waals surface area contributed by atoms with Crippen molar-refractivity contribution < 1.29 is 71.5 Å². The van der Waals surface area contributed by atoms with Gasteiger partial charge < -0.3 is 66.7 Å². The Morgan fingerprint density at radius 3 is 0.702 bits per heavy atom. The molecule has 0 bridgehead atoms. The van der Waals surface area contributed by atoms with Crippen LogP contribution in [0.2, 0.25) is 0 Å². The molecule has 0 spiro atoms. The summed E-state index contributed by atoms with van der Waals surface area (Å²) in [6.45, 7) is 15.2. The first-order chi connectivity index (χ1) is 23.3. The highest BCUT2D eigenvalue weighted by Crippen LogP contribution is 1.94. The fourth-order valence-corrected chi connectivity index (χ4v) is 3.35. The summed E-state index contributed by atoms with van der Waals surface area (Å²) in [5.74, 6) is -0.874. The van der Waals surface area contributed by atoms with Gasteiger partial charge in [0, 0.05) is 6.61 Å². The number of carboxylic acids is 1. The van der Waals surface area contributed by atoms with Crippen molar-refractivity contribution in [2.75, 3.05) is 172 Å². The lowest BCUT2D eigenvalue weighted by Gasteiger charge is -2.09. The first-order valence-electron chi connectivity index (χ1n) is 17.0. The van der Waals surface area contributed by atoms with Crippen LogP contribution in [-0.4, -0.2) is 183 Å². The second-order valence-electron chi connectivity index (χ2n) is 9.81. The van der Waals surface area contributed by atoms with Crippen LogP contribution in [0.25, 0.3) is 0 Å². The minimum atomic E-state index is -0.874. The summed E-state index contributed by atoms with van der Waals surface area (Å²) >= 11 is 0. The summed E-state index contributed by atoms with van der Waals surface area (Å²) in [5, 5.41) is 8.49. The van der Waals surface area contributed by atoms with Crippen molar-refractivity contribution >= 4 is 5.97 Å². The Labute approximate surface area is 281 Å². The monoisotopic (exact) mass is 688 g/mol. The molecular weight excluding hydrogens is 624 g/mol. The largest absolute Gasteiger partial charge is 0.481 e. The highest BCUT2D eigenvalue weighted by atomic mass is 16.6. The van der Waals surface area contributed by atoms with Gasteiger partial charge in [-0.3, -0.25) is 4.79 Å². The van der Waals surface area contributed by atoms with E-state index in [9.17, 15) is 4.79 Å². The number of carbonyl (C=O) groups is 1. The molecule has 1 N–H and O–H groups in total. The summed E-state index contributed by atoms with van der Waals surface area (Å²) in [5.41, 5.74) is 0. The lowest BCUT2D eigenvalue weighted by Crippen LogP contribution is -2.15. The molecule has 0 fully saturated rings. The molecule has 47 heavy (non-hydrogen) atoms. The average Bonchev–Trinajstić information content (AvgIpc) is 3.07. The maximum Gasteiger partial charge on any atom is 0.305 e. The molecule has 0 aliphatic carbocycles. The van der Waals surface area contributed by atoms with Gasteiger partial charge in [0.1, 0.15) is 0 Å². The molecule has 0 aromatic carbocycles. The first kappa shape index (κ1) is 46.0. The highest BCUT2D eigenvalue weighted by molar-refractivity contribution is 5.66. The number of rotatable bonds is 43. The van der Waals surface area contributed by atoms with Gasteiger partial charge in [0.15, 0.2) is 0 Å². The Balaban J connectivity index is 3.04. The van der Waals surface area contributed by atoms with E-state index in [0.717, 1.165) is 13.0 Å². The van der Waals surface area contributed by atoms with Crippen LogP contribution in [0.15, 0.2) is 0 Å². The lowest BCUT2D eigenvalue weighted by molar-refractivity contribution is -0.138. The van der Waals surface area contributed by atoms with Gasteiger partial charge >= 0.3 is 5.97 Å². The molecule has 0 heterocycles. The average molecular weight is 689 g/mol. The van der Waals surface area contributed by atoms with Crippen LogP contribution < -0.4 is 0 Å². The van der Waals surface area contributed by atoms with Gasteiger partial charge in [-0.1, -0.05) is 19.8 Å². The second-order valence-corrected chi connectivity index (χ2v) is 9.81. The quantitative estimate of drug-likeness (QED) is 0.0926. The number of aliphatic carboxylic acids is 1. The van der Waals surface area contributed by atoms with Crippen molar-refractivity contribution in [3.8, 4) is 0 Å². The number of ether oxygens (including phenoxy) is 13. The van der Waals surface area contributed by atoms with Crippen molar-refractivity contribution in [3.05, 3.63) is 0 Å². The number of hydrogen-bond acceptors (Lipinski definition) is 14. The van der Waals surface area contributed by atoms with Gasteiger partial charge in [-0.05, 0) is 6.42 Å².